The summed E-state index contributed by atoms with van der Waals surface area (Å²) in [6.45, 7) is 3.81. The molecule has 0 spiro atoms. The number of hydrogen-bond donors (Lipinski definition) is 1. The van der Waals surface area contributed by atoms with E-state index in [1.54, 1.807) is 12.1 Å². The molecule has 0 aliphatic heterocycles. The Hall–Kier alpha value is -1.58. The van der Waals surface area contributed by atoms with E-state index in [1.807, 2.05) is 13.8 Å². The van der Waals surface area contributed by atoms with E-state index in [-0.39, 0.29) is 23.4 Å². The maximum atomic E-state index is 13.5. The zero-order valence-corrected chi connectivity index (χ0v) is 11.0. The third-order valence-corrected chi connectivity index (χ3v) is 2.94. The van der Waals surface area contributed by atoms with Gasteiger partial charge in [0, 0.05) is 0 Å². The number of carboxylic acids is 1. The van der Waals surface area contributed by atoms with Crippen molar-refractivity contribution in [2.24, 2.45) is 5.41 Å². The number of methoxy groups -OCH3 is 1. The number of aliphatic carboxylic acids is 1. The summed E-state index contributed by atoms with van der Waals surface area (Å²) in [5, 5.41) is 8.78. The van der Waals surface area contributed by atoms with E-state index >= 15 is 0 Å². The summed E-state index contributed by atoms with van der Waals surface area (Å²) in [5.41, 5.74) is 0.564. The zero-order chi connectivity index (χ0) is 13.8. The van der Waals surface area contributed by atoms with Gasteiger partial charge in [-0.25, -0.2) is 4.39 Å². The average molecular weight is 254 g/mol. The first-order valence-corrected chi connectivity index (χ1v) is 5.88. The monoisotopic (exact) mass is 254 g/mol. The second-order valence-electron chi connectivity index (χ2n) is 5.20. The van der Waals surface area contributed by atoms with Crippen molar-refractivity contribution < 1.29 is 19.0 Å². The van der Waals surface area contributed by atoms with E-state index in [1.165, 1.54) is 13.2 Å². The molecule has 0 aromatic heterocycles. The maximum Gasteiger partial charge on any atom is 0.303 e. The Morgan fingerprint density at radius 2 is 2.11 bits per heavy atom. The van der Waals surface area contributed by atoms with Crippen LogP contribution in [0.25, 0.3) is 0 Å². The lowest BCUT2D eigenvalue weighted by Gasteiger charge is -2.22. The molecular formula is C14H19FO3. The number of carboxylic acid groups (broad SMARTS) is 1. The number of halogens is 1. The largest absolute Gasteiger partial charge is 0.494 e. The first-order chi connectivity index (χ1) is 8.34. The van der Waals surface area contributed by atoms with Crippen molar-refractivity contribution >= 4 is 5.97 Å². The molecule has 0 unspecified atom stereocenters. The molecule has 1 aromatic carbocycles. The second kappa shape index (κ2) is 5.85. The quantitative estimate of drug-likeness (QED) is 0.847. The molecule has 0 radical (unpaired) electrons. The van der Waals surface area contributed by atoms with E-state index in [0.717, 1.165) is 5.56 Å². The Kier molecular flexibility index (Phi) is 4.70. The van der Waals surface area contributed by atoms with E-state index in [0.29, 0.717) is 12.8 Å². The number of aryl methyl sites for hydroxylation is 1. The molecule has 0 amide bonds. The molecule has 0 atom stereocenters. The van der Waals surface area contributed by atoms with Gasteiger partial charge >= 0.3 is 5.97 Å². The number of rotatable bonds is 6. The van der Waals surface area contributed by atoms with Gasteiger partial charge in [0.05, 0.1) is 13.5 Å². The van der Waals surface area contributed by atoms with Gasteiger partial charge in [0.25, 0.3) is 0 Å². The summed E-state index contributed by atoms with van der Waals surface area (Å²) in [6, 6.07) is 4.84. The Morgan fingerprint density at radius 3 is 2.61 bits per heavy atom. The Balaban J connectivity index is 2.63. The topological polar surface area (TPSA) is 46.5 Å². The van der Waals surface area contributed by atoms with Gasteiger partial charge in [-0.2, -0.15) is 0 Å². The third-order valence-electron chi connectivity index (χ3n) is 2.94. The van der Waals surface area contributed by atoms with Crippen LogP contribution < -0.4 is 4.74 Å². The lowest BCUT2D eigenvalue weighted by Crippen LogP contribution is -2.17. The van der Waals surface area contributed by atoms with E-state index in [4.69, 9.17) is 9.84 Å². The number of carbonyl (C=O) groups is 1. The molecule has 1 rings (SSSR count). The molecule has 18 heavy (non-hydrogen) atoms. The SMILES string of the molecule is COc1ccc(CCC(C)(C)CC(=O)O)cc1F. The lowest BCUT2D eigenvalue weighted by molar-refractivity contribution is -0.139. The molecule has 0 bridgehead atoms. The molecule has 0 saturated heterocycles. The zero-order valence-electron chi connectivity index (χ0n) is 11.0. The second-order valence-corrected chi connectivity index (χ2v) is 5.20. The van der Waals surface area contributed by atoms with Crippen molar-refractivity contribution in [3.8, 4) is 5.75 Å². The molecule has 0 heterocycles. The summed E-state index contributed by atoms with van der Waals surface area (Å²) in [7, 11) is 1.42. The third kappa shape index (κ3) is 4.35. The molecule has 1 aromatic rings. The Morgan fingerprint density at radius 1 is 1.44 bits per heavy atom. The fourth-order valence-corrected chi connectivity index (χ4v) is 1.85. The van der Waals surface area contributed by atoms with Crippen LogP contribution in [0.3, 0.4) is 0 Å². The van der Waals surface area contributed by atoms with Crippen LogP contribution in [-0.4, -0.2) is 18.2 Å². The van der Waals surface area contributed by atoms with Gasteiger partial charge in [0.1, 0.15) is 0 Å². The standard InChI is InChI=1S/C14H19FO3/c1-14(2,9-13(16)17)7-6-10-4-5-12(18-3)11(15)8-10/h4-5,8H,6-7,9H2,1-3H3,(H,16,17). The normalized spacial score (nSPS) is 11.3. The minimum atomic E-state index is -0.805. The lowest BCUT2D eigenvalue weighted by atomic mass is 9.83. The van der Waals surface area contributed by atoms with E-state index < -0.39 is 5.97 Å². The fourth-order valence-electron chi connectivity index (χ4n) is 1.85. The highest BCUT2D eigenvalue weighted by atomic mass is 19.1. The summed E-state index contributed by atoms with van der Waals surface area (Å²) in [6.07, 6.45) is 1.47. The molecule has 3 nitrogen and oxygen atoms in total. The van der Waals surface area contributed by atoms with Gasteiger partial charge in [0.2, 0.25) is 0 Å². The van der Waals surface area contributed by atoms with Crippen LogP contribution in [0.5, 0.6) is 5.75 Å². The molecule has 0 fully saturated rings. The molecule has 1 N–H and O–H groups in total. The molecule has 0 aliphatic rings. The molecule has 0 saturated carbocycles. The van der Waals surface area contributed by atoms with Gasteiger partial charge in [-0.3, -0.25) is 4.79 Å². The summed E-state index contributed by atoms with van der Waals surface area (Å²) in [5.74, 6) is -0.963. The maximum absolute atomic E-state index is 13.5. The minimum Gasteiger partial charge on any atom is -0.494 e. The number of hydrogen-bond acceptors (Lipinski definition) is 2. The van der Waals surface area contributed by atoms with Crippen LogP contribution in [0.15, 0.2) is 18.2 Å². The molecule has 4 heteroatoms. The van der Waals surface area contributed by atoms with Crippen molar-refractivity contribution in [3.05, 3.63) is 29.6 Å². The van der Waals surface area contributed by atoms with Gasteiger partial charge in [-0.1, -0.05) is 19.9 Å². The Bertz CT molecular complexity index is 427. The van der Waals surface area contributed by atoms with Crippen LogP contribution in [0.4, 0.5) is 4.39 Å². The van der Waals surface area contributed by atoms with Gasteiger partial charge in [-0.05, 0) is 36.0 Å². The summed E-state index contributed by atoms with van der Waals surface area (Å²) < 4.78 is 18.3. The predicted molar refractivity (Wildman–Crippen MR) is 67.3 cm³/mol. The first-order valence-electron chi connectivity index (χ1n) is 5.88. The van der Waals surface area contributed by atoms with Crippen LogP contribution in [0, 0.1) is 11.2 Å². The predicted octanol–water partition coefficient (Wildman–Crippen LogP) is 3.27. The van der Waals surface area contributed by atoms with Gasteiger partial charge in [0.15, 0.2) is 11.6 Å². The molecule has 100 valence electrons. The Labute approximate surface area is 107 Å². The van der Waals surface area contributed by atoms with Crippen LogP contribution in [0.1, 0.15) is 32.3 Å². The van der Waals surface area contributed by atoms with Crippen LogP contribution in [-0.2, 0) is 11.2 Å². The summed E-state index contributed by atoms with van der Waals surface area (Å²) >= 11 is 0. The van der Waals surface area contributed by atoms with Crippen molar-refractivity contribution in [1.82, 2.24) is 0 Å². The van der Waals surface area contributed by atoms with Crippen molar-refractivity contribution in [2.45, 2.75) is 33.1 Å². The molecular weight excluding hydrogens is 235 g/mol. The molecule has 0 aliphatic carbocycles. The van der Waals surface area contributed by atoms with Crippen LogP contribution in [0.2, 0.25) is 0 Å². The van der Waals surface area contributed by atoms with Crippen molar-refractivity contribution in [3.63, 3.8) is 0 Å². The van der Waals surface area contributed by atoms with Crippen molar-refractivity contribution in [2.75, 3.05) is 7.11 Å². The smallest absolute Gasteiger partial charge is 0.303 e. The van der Waals surface area contributed by atoms with Gasteiger partial charge < -0.3 is 9.84 Å². The van der Waals surface area contributed by atoms with Crippen LogP contribution >= 0.6 is 0 Å². The fraction of sp³-hybridized carbons (Fsp3) is 0.500. The first kappa shape index (κ1) is 14.5. The van der Waals surface area contributed by atoms with E-state index in [9.17, 15) is 9.18 Å². The number of benzene rings is 1. The number of ether oxygens (including phenoxy) is 1. The highest BCUT2D eigenvalue weighted by Gasteiger charge is 2.21. The van der Waals surface area contributed by atoms with Gasteiger partial charge in [-0.15, -0.1) is 0 Å². The average Bonchev–Trinajstić information content (AvgIpc) is 2.25. The highest BCUT2D eigenvalue weighted by molar-refractivity contribution is 5.67. The van der Waals surface area contributed by atoms with Crippen molar-refractivity contribution in [1.29, 1.82) is 0 Å². The summed E-state index contributed by atoms with van der Waals surface area (Å²) in [4.78, 5) is 10.7. The highest BCUT2D eigenvalue weighted by Crippen LogP contribution is 2.28. The minimum absolute atomic E-state index is 0.117. The van der Waals surface area contributed by atoms with E-state index in [2.05, 4.69) is 0 Å².